The first-order valence-electron chi connectivity index (χ1n) is 7.72. The molecule has 1 N–H and O–H groups in total. The van der Waals surface area contributed by atoms with Crippen molar-refractivity contribution >= 4 is 23.1 Å². The first-order valence-corrected chi connectivity index (χ1v) is 8.49. The molecular weight excluding hydrogens is 296 g/mol. The number of para-hydroxylation sites is 1. The maximum Gasteiger partial charge on any atom is 0.264 e. The highest BCUT2D eigenvalue weighted by Gasteiger charge is 2.18. The Morgan fingerprint density at radius 3 is 3.14 bits per heavy atom. The second kappa shape index (κ2) is 6.87. The number of hydrogen-bond donors (Lipinski definition) is 1. The number of carbonyl (C=O) groups excluding carboxylic acids is 1. The van der Waals surface area contributed by atoms with Gasteiger partial charge in [-0.05, 0) is 42.4 Å². The van der Waals surface area contributed by atoms with Crippen LogP contribution in [0.3, 0.4) is 0 Å². The van der Waals surface area contributed by atoms with Crippen LogP contribution in [0, 0.1) is 0 Å². The number of amides is 1. The summed E-state index contributed by atoms with van der Waals surface area (Å²) < 4.78 is 3.85. The van der Waals surface area contributed by atoms with Crippen LogP contribution in [-0.2, 0) is 12.8 Å². The van der Waals surface area contributed by atoms with Gasteiger partial charge in [0.1, 0.15) is 4.88 Å². The number of fused-ring (bicyclic) bond motifs is 1. The summed E-state index contributed by atoms with van der Waals surface area (Å²) in [4.78, 5) is 15.1. The Morgan fingerprint density at radius 1 is 1.41 bits per heavy atom. The number of nitrogens with zero attached hydrogens (tertiary/aromatic N) is 3. The van der Waals surface area contributed by atoms with Crippen molar-refractivity contribution in [2.75, 3.05) is 24.5 Å². The summed E-state index contributed by atoms with van der Waals surface area (Å²) in [5.74, 6) is -0.0475. The van der Waals surface area contributed by atoms with Crippen LogP contribution in [0.5, 0.6) is 0 Å². The molecule has 0 atom stereocenters. The fourth-order valence-electron chi connectivity index (χ4n) is 2.80. The Balaban J connectivity index is 1.46. The molecule has 0 bridgehead atoms. The maximum absolute atomic E-state index is 12.1. The smallest absolute Gasteiger partial charge is 0.264 e. The Hall–Kier alpha value is -1.95. The lowest BCUT2D eigenvalue weighted by Gasteiger charge is -2.19. The zero-order valence-electron chi connectivity index (χ0n) is 12.7. The lowest BCUT2D eigenvalue weighted by molar-refractivity contribution is 0.0956. The monoisotopic (exact) mass is 316 g/mol. The molecule has 5 nitrogen and oxygen atoms in total. The Bertz CT molecular complexity index is 655. The minimum atomic E-state index is -0.0475. The van der Waals surface area contributed by atoms with Gasteiger partial charge in [0.15, 0.2) is 0 Å². The minimum absolute atomic E-state index is 0.0475. The average molecular weight is 316 g/mol. The van der Waals surface area contributed by atoms with Gasteiger partial charge in [-0.15, -0.1) is 5.10 Å². The van der Waals surface area contributed by atoms with Crippen molar-refractivity contribution in [2.45, 2.75) is 26.2 Å². The lowest BCUT2D eigenvalue weighted by atomic mass is 10.2. The molecule has 1 aliphatic rings. The molecule has 3 rings (SSSR count). The van der Waals surface area contributed by atoms with Crippen LogP contribution in [-0.4, -0.2) is 35.1 Å². The summed E-state index contributed by atoms with van der Waals surface area (Å²) in [6.45, 7) is 4.71. The molecule has 6 heteroatoms. The van der Waals surface area contributed by atoms with Crippen LogP contribution in [0.25, 0.3) is 0 Å². The summed E-state index contributed by atoms with van der Waals surface area (Å²) in [6, 6.07) is 8.55. The van der Waals surface area contributed by atoms with E-state index in [2.05, 4.69) is 44.1 Å². The van der Waals surface area contributed by atoms with E-state index in [4.69, 9.17) is 0 Å². The standard InChI is InChI=1S/C16H20N4OS/c1-2-13-15(22-19-18-13)16(21)17-9-5-10-20-11-8-12-6-3-4-7-14(12)20/h3-4,6-7H,2,5,8-11H2,1H3,(H,17,21). The molecule has 0 fully saturated rings. The fraction of sp³-hybridized carbons (Fsp3) is 0.438. The number of benzene rings is 1. The number of carbonyl (C=O) groups is 1. The molecule has 22 heavy (non-hydrogen) atoms. The second-order valence-electron chi connectivity index (χ2n) is 5.38. The average Bonchev–Trinajstić information content (AvgIpc) is 3.18. The van der Waals surface area contributed by atoms with E-state index in [-0.39, 0.29) is 5.91 Å². The highest BCUT2D eigenvalue weighted by Crippen LogP contribution is 2.27. The third-order valence-corrected chi connectivity index (χ3v) is 4.74. The Kier molecular flexibility index (Phi) is 4.68. The predicted molar refractivity (Wildman–Crippen MR) is 88.6 cm³/mol. The summed E-state index contributed by atoms with van der Waals surface area (Å²) in [6.07, 6.45) is 2.80. The van der Waals surface area contributed by atoms with Crippen LogP contribution in [0.2, 0.25) is 0 Å². The third kappa shape index (κ3) is 3.11. The van der Waals surface area contributed by atoms with Crippen LogP contribution in [0.15, 0.2) is 24.3 Å². The van der Waals surface area contributed by atoms with Gasteiger partial charge in [0.25, 0.3) is 5.91 Å². The molecular formula is C16H20N4OS. The van der Waals surface area contributed by atoms with Gasteiger partial charge >= 0.3 is 0 Å². The van der Waals surface area contributed by atoms with Crippen molar-refractivity contribution in [3.63, 3.8) is 0 Å². The van der Waals surface area contributed by atoms with Crippen LogP contribution in [0.1, 0.15) is 34.3 Å². The van der Waals surface area contributed by atoms with E-state index in [1.54, 1.807) is 0 Å². The lowest BCUT2D eigenvalue weighted by Crippen LogP contribution is -2.29. The maximum atomic E-state index is 12.1. The zero-order chi connectivity index (χ0) is 15.4. The minimum Gasteiger partial charge on any atom is -0.371 e. The number of hydrogen-bond acceptors (Lipinski definition) is 5. The first kappa shape index (κ1) is 15.0. The molecule has 0 spiro atoms. The van der Waals surface area contributed by atoms with Gasteiger partial charge in [-0.2, -0.15) is 0 Å². The first-order chi connectivity index (χ1) is 10.8. The molecule has 116 valence electrons. The molecule has 1 aliphatic heterocycles. The molecule has 0 saturated carbocycles. The Morgan fingerprint density at radius 2 is 2.27 bits per heavy atom. The van der Waals surface area contributed by atoms with Gasteiger partial charge in [0.05, 0.1) is 5.69 Å². The summed E-state index contributed by atoms with van der Waals surface area (Å²) >= 11 is 1.17. The van der Waals surface area contributed by atoms with Crippen molar-refractivity contribution in [3.05, 3.63) is 40.4 Å². The van der Waals surface area contributed by atoms with Crippen LogP contribution < -0.4 is 10.2 Å². The molecule has 2 heterocycles. The van der Waals surface area contributed by atoms with E-state index in [1.165, 1.54) is 22.8 Å². The van der Waals surface area contributed by atoms with Gasteiger partial charge in [0.2, 0.25) is 0 Å². The largest absolute Gasteiger partial charge is 0.371 e. The number of aromatic nitrogens is 2. The topological polar surface area (TPSA) is 58.1 Å². The quantitative estimate of drug-likeness (QED) is 0.831. The normalized spacial score (nSPS) is 13.2. The molecule has 1 amide bonds. The highest BCUT2D eigenvalue weighted by atomic mass is 32.1. The third-order valence-electron chi connectivity index (χ3n) is 3.97. The van der Waals surface area contributed by atoms with Gasteiger partial charge < -0.3 is 10.2 Å². The molecule has 1 aromatic heterocycles. The summed E-state index contributed by atoms with van der Waals surface area (Å²) in [5, 5.41) is 6.94. The Labute approximate surface area is 134 Å². The van der Waals surface area contributed by atoms with Crippen LogP contribution >= 0.6 is 11.5 Å². The number of anilines is 1. The summed E-state index contributed by atoms with van der Waals surface area (Å²) in [5.41, 5.74) is 3.56. The molecule has 0 unspecified atom stereocenters. The summed E-state index contributed by atoms with van der Waals surface area (Å²) in [7, 11) is 0. The van der Waals surface area contributed by atoms with Gasteiger partial charge in [-0.3, -0.25) is 4.79 Å². The van der Waals surface area contributed by atoms with E-state index in [0.29, 0.717) is 11.4 Å². The number of rotatable bonds is 6. The van der Waals surface area contributed by atoms with Gasteiger partial charge in [-0.25, -0.2) is 0 Å². The van der Waals surface area contributed by atoms with Crippen molar-refractivity contribution in [1.29, 1.82) is 0 Å². The zero-order valence-corrected chi connectivity index (χ0v) is 13.5. The van der Waals surface area contributed by atoms with Gasteiger partial charge in [0, 0.05) is 25.3 Å². The molecule has 1 aromatic carbocycles. The molecule has 0 aliphatic carbocycles. The second-order valence-corrected chi connectivity index (χ2v) is 6.13. The molecule has 2 aromatic rings. The SMILES string of the molecule is CCc1nnsc1C(=O)NCCCN1CCc2ccccc21. The van der Waals surface area contributed by atoms with E-state index in [1.807, 2.05) is 6.92 Å². The van der Waals surface area contributed by atoms with Crippen molar-refractivity contribution < 1.29 is 4.79 Å². The van der Waals surface area contributed by atoms with Gasteiger partial charge in [-0.1, -0.05) is 29.6 Å². The number of nitrogens with one attached hydrogen (secondary N) is 1. The van der Waals surface area contributed by atoms with E-state index in [0.717, 1.165) is 38.0 Å². The number of aryl methyl sites for hydroxylation is 1. The molecule has 0 radical (unpaired) electrons. The van der Waals surface area contributed by atoms with Crippen LogP contribution in [0.4, 0.5) is 5.69 Å². The highest BCUT2D eigenvalue weighted by molar-refractivity contribution is 7.08. The molecule has 0 saturated heterocycles. The predicted octanol–water partition coefficient (Wildman–Crippen LogP) is 2.28. The van der Waals surface area contributed by atoms with E-state index in [9.17, 15) is 4.79 Å². The van der Waals surface area contributed by atoms with Crippen molar-refractivity contribution in [3.8, 4) is 0 Å². The van der Waals surface area contributed by atoms with E-state index < -0.39 is 0 Å². The van der Waals surface area contributed by atoms with Crippen molar-refractivity contribution in [2.24, 2.45) is 0 Å². The van der Waals surface area contributed by atoms with Crippen molar-refractivity contribution in [1.82, 2.24) is 14.9 Å². The fourth-order valence-corrected chi connectivity index (χ4v) is 3.47. The van der Waals surface area contributed by atoms with E-state index >= 15 is 0 Å².